The number of hydrogen-bond donors (Lipinski definition) is 5. The molecule has 0 saturated heterocycles. The highest BCUT2D eigenvalue weighted by Crippen LogP contribution is 2.42. The number of hydrogen-bond acceptors (Lipinski definition) is 14. The molecule has 3 rings (SSSR count). The molecule has 26 heteroatoms. The van der Waals surface area contributed by atoms with Crippen LogP contribution in [0.3, 0.4) is 0 Å². The van der Waals surface area contributed by atoms with Crippen LogP contribution < -0.4 is 21.7 Å². The second kappa shape index (κ2) is 32.3. The number of amides is 4. The Kier molecular flexibility index (Phi) is 28.3. The molecule has 4 amide bonds. The van der Waals surface area contributed by atoms with E-state index in [2.05, 4.69) is 35.6 Å². The van der Waals surface area contributed by atoms with Gasteiger partial charge in [-0.2, -0.15) is 13.2 Å². The van der Waals surface area contributed by atoms with Crippen molar-refractivity contribution in [2.24, 2.45) is 11.1 Å². The highest BCUT2D eigenvalue weighted by Gasteiger charge is 2.40. The number of nitrogens with two attached hydrogens (primary N) is 1. The molecule has 19 nitrogen and oxygen atoms in total. The lowest BCUT2D eigenvalue weighted by Gasteiger charge is -2.41. The third-order valence-electron chi connectivity index (χ3n) is 11.7. The monoisotopic (exact) mass is 1240 g/mol. The van der Waals surface area contributed by atoms with E-state index in [1.165, 1.54) is 0 Å². The number of thioether (sulfide) groups is 1. The van der Waals surface area contributed by atoms with Gasteiger partial charge in [-0.25, -0.2) is 23.2 Å². The summed E-state index contributed by atoms with van der Waals surface area (Å²) in [6.45, 7) is 27.3. The lowest BCUT2D eigenvalue weighted by Crippen LogP contribution is -2.51. The minimum atomic E-state index is -5.08. The van der Waals surface area contributed by atoms with Gasteiger partial charge in [0.25, 0.3) is 0 Å². The fraction of sp³-hybridized carbons (Fsp3) is 0.593. The first kappa shape index (κ1) is 74.6. The molecule has 1 heterocycles. The van der Waals surface area contributed by atoms with Crippen LogP contribution in [0.25, 0.3) is 11.1 Å². The smallest absolute Gasteiger partial charge is 0.475 e. The van der Waals surface area contributed by atoms with E-state index in [1.807, 2.05) is 55.7 Å². The molecular weight excluding hydrogens is 1160 g/mol. The molecule has 0 spiro atoms. The SMILES string of the molecule is CC(C)(C)OC(=O)CCC(NC(=O)CCNC(=O)C(CCN(C(=O)CSCC(N)C(=O)OC(C)(C)C)C(c1cc(-c2cc(F)ccc2F)cn1Cc1ccccc1)C(C)(C)C)NC(=O)OCC[Si](C)(C)C)C(=O)OC(C)(C)C.O=C(O)C(F)(F)F. The van der Waals surface area contributed by atoms with Gasteiger partial charge in [0, 0.05) is 69.3 Å². The number of aliphatic carboxylic acids is 1. The Morgan fingerprint density at radius 2 is 1.33 bits per heavy atom. The molecule has 4 unspecified atom stereocenters. The van der Waals surface area contributed by atoms with Crippen LogP contribution in [0.5, 0.6) is 0 Å². The Morgan fingerprint density at radius 3 is 1.87 bits per heavy atom. The molecule has 0 aliphatic heterocycles. The van der Waals surface area contributed by atoms with Crippen molar-refractivity contribution in [2.75, 3.05) is 31.2 Å². The van der Waals surface area contributed by atoms with E-state index in [0.29, 0.717) is 17.3 Å². The minimum Gasteiger partial charge on any atom is -0.475 e. The first-order valence-electron chi connectivity index (χ1n) is 27.7. The normalized spacial score (nSPS) is 13.6. The highest BCUT2D eigenvalue weighted by atomic mass is 32.2. The van der Waals surface area contributed by atoms with Crippen LogP contribution in [0.4, 0.5) is 26.7 Å². The van der Waals surface area contributed by atoms with Gasteiger partial charge in [-0.15, -0.1) is 11.8 Å². The lowest BCUT2D eigenvalue weighted by molar-refractivity contribution is -0.192. The zero-order chi connectivity index (χ0) is 65.1. The van der Waals surface area contributed by atoms with Gasteiger partial charge >= 0.3 is 36.1 Å². The van der Waals surface area contributed by atoms with Crippen LogP contribution in [0.15, 0.2) is 60.8 Å². The fourth-order valence-corrected chi connectivity index (χ4v) is 9.51. The van der Waals surface area contributed by atoms with Gasteiger partial charge in [-0.3, -0.25) is 24.0 Å². The topological polar surface area (TPSA) is 264 Å². The van der Waals surface area contributed by atoms with Crippen molar-refractivity contribution < 1.29 is 84.4 Å². The van der Waals surface area contributed by atoms with Crippen LogP contribution in [0, 0.1) is 17.0 Å². The molecular formula is C59H87F5N6O13SSi. The number of alkyl carbamates (subject to hydrolysis) is 1. The zero-order valence-corrected chi connectivity index (χ0v) is 53.3. The maximum Gasteiger partial charge on any atom is 0.490 e. The number of halogens is 5. The van der Waals surface area contributed by atoms with E-state index in [-0.39, 0.29) is 69.0 Å². The van der Waals surface area contributed by atoms with Crippen molar-refractivity contribution in [3.8, 4) is 11.1 Å². The molecule has 6 N–H and O–H groups in total. The van der Waals surface area contributed by atoms with Gasteiger partial charge in [0.2, 0.25) is 17.7 Å². The molecule has 0 saturated carbocycles. The summed E-state index contributed by atoms with van der Waals surface area (Å²) in [7, 11) is -1.66. The van der Waals surface area contributed by atoms with Crippen molar-refractivity contribution in [2.45, 2.75) is 188 Å². The van der Waals surface area contributed by atoms with Gasteiger partial charge in [-0.05, 0) is 116 Å². The number of nitrogens with zero attached hydrogens (tertiary/aromatic N) is 2. The highest BCUT2D eigenvalue weighted by molar-refractivity contribution is 8.00. The van der Waals surface area contributed by atoms with E-state index in [1.54, 1.807) is 79.5 Å². The number of carboxylic acids is 1. The second-order valence-corrected chi connectivity index (χ2v) is 32.1. The Labute approximate surface area is 500 Å². The van der Waals surface area contributed by atoms with Crippen LogP contribution in [-0.4, -0.2) is 143 Å². The number of aromatic nitrogens is 1. The molecule has 0 fully saturated rings. The number of carboxylic acid groups (broad SMARTS) is 1. The Balaban J connectivity index is 0.00000330. The predicted molar refractivity (Wildman–Crippen MR) is 316 cm³/mol. The molecule has 3 aromatic rings. The summed E-state index contributed by atoms with van der Waals surface area (Å²) in [5.74, 6) is -7.99. The Hall–Kier alpha value is -6.54. The third-order valence-corrected chi connectivity index (χ3v) is 14.4. The molecule has 0 bridgehead atoms. The molecule has 0 radical (unpaired) electrons. The van der Waals surface area contributed by atoms with Crippen molar-refractivity contribution in [1.29, 1.82) is 0 Å². The van der Waals surface area contributed by atoms with E-state index in [9.17, 15) is 51.1 Å². The summed E-state index contributed by atoms with van der Waals surface area (Å²) >= 11 is 1.11. The van der Waals surface area contributed by atoms with E-state index in [4.69, 9.17) is 34.6 Å². The first-order valence-corrected chi connectivity index (χ1v) is 32.5. The number of esters is 3. The standard InChI is InChI=1S/C57H86F2N6O11SSi.C2HF3O2/c1-54(2,3)49(45-31-38(40-32-39(58)21-22-41(40)59)34-64(45)33-37-19-17-16-18-20-37)65(47(67)36-77-35-42(60)51(70)75-56(7,8)9)28-26-43(63-53(72)73-29-30-78(13,14)15)50(69)61-27-25-46(66)62-44(52(71)76-57(10,11)12)23-24-48(68)74-55(4,5)6;3-2(4,5)1(6)7/h16-22,31-32,34,42-44,49H,23-30,33,35-36,60H2,1-15H3,(H,61,69)(H,62,66)(H,63,72);(H,6,7). The molecule has 85 heavy (non-hydrogen) atoms. The van der Waals surface area contributed by atoms with Crippen LogP contribution in [0.2, 0.25) is 25.7 Å². The fourth-order valence-electron chi connectivity index (χ4n) is 7.95. The van der Waals surface area contributed by atoms with Crippen molar-refractivity contribution >= 4 is 67.5 Å². The summed E-state index contributed by atoms with van der Waals surface area (Å²) in [5.41, 5.74) is 4.74. The number of carbonyl (C=O) groups excluding carboxylic acids is 7. The van der Waals surface area contributed by atoms with Crippen molar-refractivity contribution in [3.63, 3.8) is 0 Å². The number of nitrogens with one attached hydrogen (secondary N) is 3. The lowest BCUT2D eigenvalue weighted by atomic mass is 9.82. The van der Waals surface area contributed by atoms with Crippen LogP contribution in [0.1, 0.15) is 126 Å². The zero-order valence-electron chi connectivity index (χ0n) is 51.5. The van der Waals surface area contributed by atoms with Gasteiger partial charge < -0.3 is 55.2 Å². The Morgan fingerprint density at radius 1 is 0.753 bits per heavy atom. The van der Waals surface area contributed by atoms with Crippen molar-refractivity contribution in [1.82, 2.24) is 25.4 Å². The number of carbonyl (C=O) groups is 8. The van der Waals surface area contributed by atoms with Gasteiger partial charge in [0.1, 0.15) is 46.6 Å². The van der Waals surface area contributed by atoms with Gasteiger partial charge in [0.05, 0.1) is 18.4 Å². The predicted octanol–water partition coefficient (Wildman–Crippen LogP) is 9.71. The number of rotatable bonds is 26. The number of ether oxygens (including phenoxy) is 4. The summed E-state index contributed by atoms with van der Waals surface area (Å²) < 4.78 is 85.9. The maximum absolute atomic E-state index is 15.6. The van der Waals surface area contributed by atoms with Crippen LogP contribution in [-0.2, 0) is 59.1 Å². The molecule has 4 atom stereocenters. The van der Waals surface area contributed by atoms with E-state index in [0.717, 1.165) is 35.5 Å². The average Bonchev–Trinajstić information content (AvgIpc) is 2.13. The quantitative estimate of drug-likeness (QED) is 0.0217. The molecule has 1 aromatic heterocycles. The summed E-state index contributed by atoms with van der Waals surface area (Å²) in [6, 6.07) is 10.5. The number of benzene rings is 2. The number of alkyl halides is 3. The second-order valence-electron chi connectivity index (χ2n) is 25.5. The van der Waals surface area contributed by atoms with Gasteiger partial charge in [0.15, 0.2) is 0 Å². The van der Waals surface area contributed by atoms with Crippen LogP contribution >= 0.6 is 11.8 Å². The first-order chi connectivity index (χ1) is 38.9. The van der Waals surface area contributed by atoms with Crippen molar-refractivity contribution in [3.05, 3.63) is 83.7 Å². The van der Waals surface area contributed by atoms with Gasteiger partial charge in [-0.1, -0.05) is 70.7 Å². The Bertz CT molecular complexity index is 2730. The minimum absolute atomic E-state index is 0.00343. The molecule has 2 aromatic carbocycles. The molecule has 0 aliphatic rings. The third kappa shape index (κ3) is 29.4. The molecule has 476 valence electrons. The summed E-state index contributed by atoms with van der Waals surface area (Å²) in [4.78, 5) is 105. The van der Waals surface area contributed by atoms with E-state index < -0.39 is 120 Å². The van der Waals surface area contributed by atoms with E-state index >= 15 is 4.39 Å². The average molecular weight is 1240 g/mol. The summed E-state index contributed by atoms with van der Waals surface area (Å²) in [6.07, 6.45) is -5.08. The largest absolute Gasteiger partial charge is 0.490 e. The maximum atomic E-state index is 15.6. The summed E-state index contributed by atoms with van der Waals surface area (Å²) in [5, 5.41) is 15.1. The molecule has 0 aliphatic carbocycles.